The largest absolute Gasteiger partial charge is 0.0776 e. The summed E-state index contributed by atoms with van der Waals surface area (Å²) in [5.41, 5.74) is 0. The van der Waals surface area contributed by atoms with E-state index in [1.165, 1.54) is 25.3 Å². The van der Waals surface area contributed by atoms with Crippen molar-refractivity contribution in [1.82, 2.24) is 0 Å². The van der Waals surface area contributed by atoms with Crippen molar-refractivity contribution in [2.75, 3.05) is 0 Å². The lowest BCUT2D eigenvalue weighted by Crippen LogP contribution is -1.98. The molecule has 0 unspecified atom stereocenters. The molecule has 1 aliphatic rings. The van der Waals surface area contributed by atoms with Gasteiger partial charge in [-0.15, -0.1) is 0 Å². The molecule has 1 rings (SSSR count). The Labute approximate surface area is 78.0 Å². The molecule has 0 atom stereocenters. The average Bonchev–Trinajstić information content (AvgIpc) is 2.49. The molecule has 0 saturated heterocycles. The Morgan fingerprint density at radius 1 is 1.08 bits per heavy atom. The van der Waals surface area contributed by atoms with Gasteiger partial charge in [-0.25, -0.2) is 0 Å². The highest BCUT2D eigenvalue weighted by Gasteiger charge is 2.03. The fraction of sp³-hybridized carbons (Fsp3) is 0.636. The van der Waals surface area contributed by atoms with E-state index >= 15 is 0 Å². The van der Waals surface area contributed by atoms with Crippen molar-refractivity contribution in [2.24, 2.45) is 5.92 Å². The zero-order chi connectivity index (χ0) is 8.81. The highest BCUT2D eigenvalue weighted by molar-refractivity contribution is 6.55. The summed E-state index contributed by atoms with van der Waals surface area (Å²) in [7, 11) is 0.0340. The van der Waals surface area contributed by atoms with Crippen LogP contribution in [-0.4, -0.2) is 8.80 Å². The van der Waals surface area contributed by atoms with Gasteiger partial charge in [0, 0.05) is 8.80 Å². The zero-order valence-corrected chi connectivity index (χ0v) is 9.22. The fourth-order valence-electron chi connectivity index (χ4n) is 1.53. The summed E-state index contributed by atoms with van der Waals surface area (Å²) in [4.78, 5) is 0. The molecular weight excluding hydrogens is 160 g/mol. The van der Waals surface area contributed by atoms with E-state index in [-0.39, 0.29) is 8.80 Å². The third-order valence-corrected chi connectivity index (χ3v) is 3.65. The quantitative estimate of drug-likeness (QED) is 0.446. The van der Waals surface area contributed by atoms with Crippen LogP contribution in [0.3, 0.4) is 0 Å². The Bertz CT molecular complexity index is 156. The highest BCUT2D eigenvalue weighted by atomic mass is 28.3. The minimum Gasteiger partial charge on any atom is -0.0776 e. The van der Waals surface area contributed by atoms with Gasteiger partial charge in [-0.05, 0) is 12.3 Å². The Balaban J connectivity index is 1.95. The molecule has 12 heavy (non-hydrogen) atoms. The minimum absolute atomic E-state index is 0.0340. The van der Waals surface area contributed by atoms with Crippen LogP contribution in [0.2, 0.25) is 19.1 Å². The van der Waals surface area contributed by atoms with Crippen molar-refractivity contribution < 1.29 is 0 Å². The zero-order valence-electron chi connectivity index (χ0n) is 8.22. The van der Waals surface area contributed by atoms with E-state index in [9.17, 15) is 0 Å². The lowest BCUT2D eigenvalue weighted by atomic mass is 10.0. The molecule has 0 aromatic heterocycles. The maximum absolute atomic E-state index is 2.40. The second-order valence-electron chi connectivity index (χ2n) is 3.89. The van der Waals surface area contributed by atoms with E-state index in [0.717, 1.165) is 5.92 Å². The SMILES string of the molecule is C[Si](C)CCCCC1C=CC=C1. The number of unbranched alkanes of at least 4 members (excludes halogenated alkanes) is 1. The molecule has 0 spiro atoms. The molecule has 67 valence electrons. The van der Waals surface area contributed by atoms with E-state index in [0.29, 0.717) is 0 Å². The van der Waals surface area contributed by atoms with Crippen molar-refractivity contribution >= 4 is 8.80 Å². The summed E-state index contributed by atoms with van der Waals surface area (Å²) < 4.78 is 0. The minimum atomic E-state index is 0.0340. The molecule has 0 nitrogen and oxygen atoms in total. The predicted octanol–water partition coefficient (Wildman–Crippen LogP) is 3.65. The van der Waals surface area contributed by atoms with Gasteiger partial charge in [0.25, 0.3) is 0 Å². The number of rotatable bonds is 5. The topological polar surface area (TPSA) is 0 Å². The van der Waals surface area contributed by atoms with Gasteiger partial charge in [-0.2, -0.15) is 0 Å². The van der Waals surface area contributed by atoms with Crippen molar-refractivity contribution in [2.45, 2.75) is 38.4 Å². The van der Waals surface area contributed by atoms with Gasteiger partial charge in [0.05, 0.1) is 0 Å². The van der Waals surface area contributed by atoms with Crippen LogP contribution in [-0.2, 0) is 0 Å². The van der Waals surface area contributed by atoms with Gasteiger partial charge in [-0.3, -0.25) is 0 Å². The Kier molecular flexibility index (Phi) is 4.37. The van der Waals surface area contributed by atoms with E-state index in [2.05, 4.69) is 37.4 Å². The molecule has 0 saturated carbocycles. The van der Waals surface area contributed by atoms with E-state index < -0.39 is 0 Å². The first-order valence-electron chi connectivity index (χ1n) is 4.93. The van der Waals surface area contributed by atoms with E-state index in [1.54, 1.807) is 0 Å². The summed E-state index contributed by atoms with van der Waals surface area (Å²) in [6.45, 7) is 4.81. The number of allylic oxidation sites excluding steroid dienone is 4. The van der Waals surface area contributed by atoms with E-state index in [1.807, 2.05) is 0 Å². The third-order valence-electron chi connectivity index (χ3n) is 2.29. The molecule has 0 aliphatic heterocycles. The maximum atomic E-state index is 2.40. The summed E-state index contributed by atoms with van der Waals surface area (Å²) in [6, 6.07) is 1.49. The molecule has 1 heteroatoms. The molecule has 0 heterocycles. The average molecular weight is 179 g/mol. The first-order valence-corrected chi connectivity index (χ1v) is 7.64. The van der Waals surface area contributed by atoms with Gasteiger partial charge in [0.2, 0.25) is 0 Å². The second-order valence-corrected chi connectivity index (χ2v) is 6.80. The Morgan fingerprint density at radius 3 is 2.33 bits per heavy atom. The molecule has 0 N–H and O–H groups in total. The molecule has 0 aromatic carbocycles. The van der Waals surface area contributed by atoms with Crippen molar-refractivity contribution in [1.29, 1.82) is 0 Å². The van der Waals surface area contributed by atoms with Crippen LogP contribution in [0.4, 0.5) is 0 Å². The first kappa shape index (κ1) is 9.78. The molecule has 0 aromatic rings. The van der Waals surface area contributed by atoms with Crippen LogP contribution in [0.5, 0.6) is 0 Å². The smallest absolute Gasteiger partial charge is 0.0412 e. The van der Waals surface area contributed by atoms with Crippen LogP contribution >= 0.6 is 0 Å². The predicted molar refractivity (Wildman–Crippen MR) is 57.9 cm³/mol. The highest BCUT2D eigenvalue weighted by Crippen LogP contribution is 2.17. The fourth-order valence-corrected chi connectivity index (χ4v) is 2.49. The van der Waals surface area contributed by atoms with E-state index in [4.69, 9.17) is 0 Å². The normalized spacial score (nSPS) is 16.6. The monoisotopic (exact) mass is 179 g/mol. The lowest BCUT2D eigenvalue weighted by Gasteiger charge is -2.05. The number of hydrogen-bond donors (Lipinski definition) is 0. The van der Waals surface area contributed by atoms with Crippen LogP contribution in [0.1, 0.15) is 19.3 Å². The Morgan fingerprint density at radius 2 is 1.75 bits per heavy atom. The summed E-state index contributed by atoms with van der Waals surface area (Å²) in [6.07, 6.45) is 13.2. The summed E-state index contributed by atoms with van der Waals surface area (Å²) >= 11 is 0. The third kappa shape index (κ3) is 3.91. The summed E-state index contributed by atoms with van der Waals surface area (Å²) in [5.74, 6) is 0.759. The molecular formula is C11H19Si. The Hall–Kier alpha value is -0.303. The molecule has 0 bridgehead atoms. The molecule has 1 radical (unpaired) electrons. The standard InChI is InChI=1S/C11H19Si/c1-12(2)10-6-5-9-11-7-3-4-8-11/h3-4,7-8,11H,5-6,9-10H2,1-2H3. The van der Waals surface area contributed by atoms with Gasteiger partial charge < -0.3 is 0 Å². The maximum Gasteiger partial charge on any atom is 0.0412 e. The van der Waals surface area contributed by atoms with Crippen LogP contribution in [0.15, 0.2) is 24.3 Å². The second kappa shape index (κ2) is 5.36. The van der Waals surface area contributed by atoms with Crippen molar-refractivity contribution in [3.05, 3.63) is 24.3 Å². The molecule has 0 amide bonds. The van der Waals surface area contributed by atoms with Gasteiger partial charge in [0.1, 0.15) is 0 Å². The van der Waals surface area contributed by atoms with Crippen LogP contribution in [0, 0.1) is 5.92 Å². The van der Waals surface area contributed by atoms with Gasteiger partial charge >= 0.3 is 0 Å². The van der Waals surface area contributed by atoms with Gasteiger partial charge in [-0.1, -0.05) is 56.3 Å². The first-order chi connectivity index (χ1) is 5.79. The molecule has 1 aliphatic carbocycles. The van der Waals surface area contributed by atoms with Crippen LogP contribution in [0.25, 0.3) is 0 Å². The number of hydrogen-bond acceptors (Lipinski definition) is 0. The lowest BCUT2D eigenvalue weighted by molar-refractivity contribution is 0.645. The van der Waals surface area contributed by atoms with Gasteiger partial charge in [0.15, 0.2) is 0 Å². The van der Waals surface area contributed by atoms with Crippen LogP contribution < -0.4 is 0 Å². The van der Waals surface area contributed by atoms with Crippen molar-refractivity contribution in [3.8, 4) is 0 Å². The molecule has 0 fully saturated rings. The van der Waals surface area contributed by atoms with Crippen molar-refractivity contribution in [3.63, 3.8) is 0 Å². The summed E-state index contributed by atoms with van der Waals surface area (Å²) in [5, 5.41) is 0.